The summed E-state index contributed by atoms with van der Waals surface area (Å²) in [4.78, 5) is 19.7. The van der Waals surface area contributed by atoms with Crippen molar-refractivity contribution in [1.82, 2.24) is 15.3 Å². The maximum atomic E-state index is 11.9. The highest BCUT2D eigenvalue weighted by Crippen LogP contribution is 2.24. The summed E-state index contributed by atoms with van der Waals surface area (Å²) in [5.74, 6) is 1.73. The van der Waals surface area contributed by atoms with Gasteiger partial charge in [0.2, 0.25) is 0 Å². The number of aromatic amines is 1. The zero-order chi connectivity index (χ0) is 17.4. The molecule has 1 amide bonds. The van der Waals surface area contributed by atoms with Gasteiger partial charge in [-0.3, -0.25) is 9.78 Å². The number of nitrogens with one attached hydrogen (secondary N) is 2. The lowest BCUT2D eigenvalue weighted by atomic mass is 10.1. The van der Waals surface area contributed by atoms with Gasteiger partial charge in [-0.2, -0.15) is 0 Å². The van der Waals surface area contributed by atoms with Crippen molar-refractivity contribution in [2.24, 2.45) is 0 Å². The number of amides is 1. The van der Waals surface area contributed by atoms with Gasteiger partial charge in [0.25, 0.3) is 5.91 Å². The molecule has 0 aromatic carbocycles. The number of H-pyrrole nitrogens is 1. The number of hydrogen-bond donors (Lipinski definition) is 2. The van der Waals surface area contributed by atoms with Crippen LogP contribution < -0.4 is 5.32 Å². The molecule has 0 radical (unpaired) electrons. The molecule has 0 fully saturated rings. The third-order valence-corrected chi connectivity index (χ3v) is 4.50. The number of pyridine rings is 1. The van der Waals surface area contributed by atoms with Crippen LogP contribution in [0.15, 0.2) is 34.9 Å². The molecule has 25 heavy (non-hydrogen) atoms. The van der Waals surface area contributed by atoms with Crippen LogP contribution >= 0.6 is 0 Å². The van der Waals surface area contributed by atoms with E-state index < -0.39 is 0 Å². The highest BCUT2D eigenvalue weighted by Gasteiger charge is 2.19. The van der Waals surface area contributed by atoms with Gasteiger partial charge >= 0.3 is 0 Å². The van der Waals surface area contributed by atoms with Gasteiger partial charge in [-0.05, 0) is 55.8 Å². The Morgan fingerprint density at radius 1 is 1.20 bits per heavy atom. The molecule has 5 nitrogen and oxygen atoms in total. The summed E-state index contributed by atoms with van der Waals surface area (Å²) in [5, 5.41) is 2.87. The molecule has 0 saturated carbocycles. The maximum absolute atomic E-state index is 11.9. The monoisotopic (exact) mass is 333 g/mol. The molecule has 3 aromatic rings. The first-order chi connectivity index (χ1) is 12.1. The van der Waals surface area contributed by atoms with E-state index in [0.29, 0.717) is 6.54 Å². The van der Waals surface area contributed by atoms with Gasteiger partial charge in [0.15, 0.2) is 0 Å². The molecule has 4 rings (SSSR count). The van der Waals surface area contributed by atoms with E-state index in [2.05, 4.69) is 15.3 Å². The van der Waals surface area contributed by atoms with Crippen LogP contribution in [-0.2, 0) is 6.42 Å². The summed E-state index contributed by atoms with van der Waals surface area (Å²) >= 11 is 0. The van der Waals surface area contributed by atoms with Crippen LogP contribution in [0.5, 0.6) is 0 Å². The number of furan rings is 1. The van der Waals surface area contributed by atoms with Crippen LogP contribution in [0.25, 0.3) is 23.4 Å². The Hall–Kier alpha value is -3.08. The molecule has 5 heteroatoms. The molecule has 1 aliphatic heterocycles. The summed E-state index contributed by atoms with van der Waals surface area (Å²) in [5.41, 5.74) is 5.64. The lowest BCUT2D eigenvalue weighted by Crippen LogP contribution is -2.31. The Labute approximate surface area is 145 Å². The first-order valence-corrected chi connectivity index (χ1v) is 8.32. The predicted octanol–water partition coefficient (Wildman–Crippen LogP) is 3.74. The minimum absolute atomic E-state index is 0.0125. The minimum Gasteiger partial charge on any atom is -0.462 e. The highest BCUT2D eigenvalue weighted by molar-refractivity contribution is 5.97. The minimum atomic E-state index is -0.0125. The van der Waals surface area contributed by atoms with Gasteiger partial charge in [-0.15, -0.1) is 0 Å². The number of aryl methyl sites for hydroxylation is 2. The van der Waals surface area contributed by atoms with Crippen molar-refractivity contribution in [3.8, 4) is 11.3 Å². The Bertz CT molecular complexity index is 959. The third-order valence-electron chi connectivity index (χ3n) is 4.50. The van der Waals surface area contributed by atoms with Crippen LogP contribution in [0.2, 0.25) is 0 Å². The van der Waals surface area contributed by atoms with Crippen molar-refractivity contribution in [2.75, 3.05) is 6.54 Å². The summed E-state index contributed by atoms with van der Waals surface area (Å²) < 4.78 is 5.65. The van der Waals surface area contributed by atoms with Crippen LogP contribution in [-0.4, -0.2) is 22.4 Å². The van der Waals surface area contributed by atoms with E-state index in [0.717, 1.165) is 51.7 Å². The first kappa shape index (κ1) is 15.4. The molecule has 0 aliphatic carbocycles. The lowest BCUT2D eigenvalue weighted by molar-refractivity contribution is 0.0946. The van der Waals surface area contributed by atoms with E-state index in [1.165, 1.54) is 0 Å². The normalized spacial score (nSPS) is 13.9. The number of nitrogens with zero attached hydrogens (tertiary/aromatic N) is 1. The van der Waals surface area contributed by atoms with E-state index >= 15 is 0 Å². The van der Waals surface area contributed by atoms with E-state index in [1.54, 1.807) is 6.20 Å². The zero-order valence-electron chi connectivity index (χ0n) is 14.2. The molecule has 0 spiro atoms. The van der Waals surface area contributed by atoms with Crippen LogP contribution in [0.4, 0.5) is 0 Å². The molecule has 126 valence electrons. The Kier molecular flexibility index (Phi) is 3.76. The maximum Gasteiger partial charge on any atom is 0.253 e. The fraction of sp³-hybridized carbons (Fsp3) is 0.200. The molecule has 0 bridgehead atoms. The van der Waals surface area contributed by atoms with Crippen molar-refractivity contribution in [1.29, 1.82) is 0 Å². The van der Waals surface area contributed by atoms with Crippen LogP contribution in [0, 0.1) is 13.8 Å². The van der Waals surface area contributed by atoms with Crippen LogP contribution in [0.1, 0.15) is 38.8 Å². The molecular weight excluding hydrogens is 314 g/mol. The number of carbonyl (C=O) groups is 1. The largest absolute Gasteiger partial charge is 0.462 e. The van der Waals surface area contributed by atoms with Gasteiger partial charge in [-0.25, -0.2) is 0 Å². The Morgan fingerprint density at radius 2 is 2.08 bits per heavy atom. The van der Waals surface area contributed by atoms with E-state index in [9.17, 15) is 4.79 Å². The predicted molar refractivity (Wildman–Crippen MR) is 97.2 cm³/mol. The second-order valence-electron chi connectivity index (χ2n) is 6.27. The number of rotatable bonds is 3. The highest BCUT2D eigenvalue weighted by atomic mass is 16.3. The number of fused-ring (bicyclic) bond motifs is 1. The molecule has 3 aromatic heterocycles. The van der Waals surface area contributed by atoms with Gasteiger partial charge in [0, 0.05) is 36.1 Å². The van der Waals surface area contributed by atoms with Gasteiger partial charge < -0.3 is 14.7 Å². The Morgan fingerprint density at radius 3 is 2.84 bits per heavy atom. The molecule has 4 heterocycles. The smallest absolute Gasteiger partial charge is 0.253 e. The first-order valence-electron chi connectivity index (χ1n) is 8.32. The van der Waals surface area contributed by atoms with Crippen molar-refractivity contribution >= 4 is 18.1 Å². The van der Waals surface area contributed by atoms with Crippen LogP contribution in [0.3, 0.4) is 0 Å². The summed E-state index contributed by atoms with van der Waals surface area (Å²) in [6, 6.07) is 7.85. The number of hydrogen-bond acceptors (Lipinski definition) is 3. The van der Waals surface area contributed by atoms with Gasteiger partial charge in [-0.1, -0.05) is 0 Å². The third kappa shape index (κ3) is 3.01. The quantitative estimate of drug-likeness (QED) is 0.767. The second-order valence-corrected chi connectivity index (χ2v) is 6.27. The summed E-state index contributed by atoms with van der Waals surface area (Å²) in [6.45, 7) is 4.66. The fourth-order valence-electron chi connectivity index (χ4n) is 3.01. The number of aromatic nitrogens is 2. The average Bonchev–Trinajstić information content (AvgIpc) is 3.18. The fourth-order valence-corrected chi connectivity index (χ4v) is 3.01. The molecular formula is C20H19N3O2. The average molecular weight is 333 g/mol. The molecule has 2 N–H and O–H groups in total. The number of carbonyl (C=O) groups excluding carboxylic acids is 1. The van der Waals surface area contributed by atoms with E-state index in [1.807, 2.05) is 50.3 Å². The summed E-state index contributed by atoms with van der Waals surface area (Å²) in [6.07, 6.45) is 6.44. The van der Waals surface area contributed by atoms with Crippen molar-refractivity contribution < 1.29 is 9.21 Å². The SMILES string of the molecule is Cc1cc(C=Cc2cc(-c3cc4c([nH]3)CCNC4=O)ccn2)oc1C. The standard InChI is InChI=1S/C20H19N3O2/c1-12-9-16(25-13(12)2)4-3-15-10-14(5-7-21-15)19-11-17-18(23-19)6-8-22-20(17)24/h3-5,7,9-11,23H,6,8H2,1-2H3,(H,22,24). The van der Waals surface area contributed by atoms with Gasteiger partial charge in [0.1, 0.15) is 11.5 Å². The van der Waals surface area contributed by atoms with Crippen molar-refractivity contribution in [3.63, 3.8) is 0 Å². The van der Waals surface area contributed by atoms with Crippen molar-refractivity contribution in [2.45, 2.75) is 20.3 Å². The molecule has 0 unspecified atom stereocenters. The molecule has 0 atom stereocenters. The van der Waals surface area contributed by atoms with Crippen molar-refractivity contribution in [3.05, 3.63) is 64.5 Å². The van der Waals surface area contributed by atoms with E-state index in [4.69, 9.17) is 4.42 Å². The summed E-state index contributed by atoms with van der Waals surface area (Å²) in [7, 11) is 0. The lowest BCUT2D eigenvalue weighted by Gasteiger charge is -2.10. The Balaban J connectivity index is 1.62. The zero-order valence-corrected chi connectivity index (χ0v) is 14.2. The second kappa shape index (κ2) is 6.09. The molecule has 1 aliphatic rings. The molecule has 0 saturated heterocycles. The topological polar surface area (TPSA) is 70.9 Å². The van der Waals surface area contributed by atoms with Gasteiger partial charge in [0.05, 0.1) is 11.3 Å². The van der Waals surface area contributed by atoms with E-state index in [-0.39, 0.29) is 5.91 Å².